The minimum absolute atomic E-state index is 0.611. The number of rotatable bonds is 2. The molecule has 0 bridgehead atoms. The average Bonchev–Trinajstić information content (AvgIpc) is 1.75. The summed E-state index contributed by atoms with van der Waals surface area (Å²) in [5, 5.41) is 0. The zero-order valence-corrected chi connectivity index (χ0v) is 6.67. The summed E-state index contributed by atoms with van der Waals surface area (Å²) in [6.07, 6.45) is 0. The molecule has 0 unspecified atom stereocenters. The molecule has 0 N–H and O–H groups in total. The van der Waals surface area contributed by atoms with Gasteiger partial charge in [-0.25, -0.2) is 0 Å². The SMILES string of the molecule is [O]=[Fe][O][Fe]=[O].[O]=[Mg]. The van der Waals surface area contributed by atoms with Crippen LogP contribution in [0.25, 0.3) is 0 Å². The van der Waals surface area contributed by atoms with Gasteiger partial charge in [-0.05, 0) is 0 Å². The summed E-state index contributed by atoms with van der Waals surface area (Å²) in [6, 6.07) is 0. The van der Waals surface area contributed by atoms with Crippen LogP contribution in [0.1, 0.15) is 0 Å². The first-order chi connectivity index (χ1) is 3.41. The van der Waals surface area contributed by atoms with Crippen molar-refractivity contribution in [2.75, 3.05) is 0 Å². The molecule has 7 heavy (non-hydrogen) atoms. The predicted molar refractivity (Wildman–Crippen MR) is 8.90 cm³/mol. The first-order valence-electron chi connectivity index (χ1n) is 0.866. The van der Waals surface area contributed by atoms with Gasteiger partial charge in [-0.15, -0.1) is 0 Å². The molecule has 0 aromatic carbocycles. The van der Waals surface area contributed by atoms with Crippen molar-refractivity contribution in [2.24, 2.45) is 0 Å². The van der Waals surface area contributed by atoms with Gasteiger partial charge in [-0.3, -0.25) is 0 Å². The fourth-order valence-electron chi connectivity index (χ4n) is 0.00851. The monoisotopic (exact) mass is 200 g/mol. The van der Waals surface area contributed by atoms with E-state index in [-0.39, 0.29) is 0 Å². The molecule has 0 saturated carbocycles. The van der Waals surface area contributed by atoms with E-state index in [9.17, 15) is 0 Å². The maximum absolute atomic E-state index is 9.11. The van der Waals surface area contributed by atoms with Crippen LogP contribution in [-0.2, 0) is 44.2 Å². The fraction of sp³-hybridized carbons (Fsp3) is 0. The van der Waals surface area contributed by atoms with Crippen LogP contribution in [-0.4, -0.2) is 21.7 Å². The van der Waals surface area contributed by atoms with Crippen LogP contribution >= 0.6 is 0 Å². The van der Waals surface area contributed by atoms with Crippen molar-refractivity contribution in [3.8, 4) is 0 Å². The molecule has 0 atom stereocenters. The normalized spacial score (nSPS) is 6.57. The van der Waals surface area contributed by atoms with Gasteiger partial charge in [0.15, 0.2) is 0 Å². The van der Waals surface area contributed by atoms with Crippen molar-refractivity contribution in [3.05, 3.63) is 0 Å². The third kappa shape index (κ3) is 19.1. The number of hydrogen-bond acceptors (Lipinski definition) is 4. The minimum atomic E-state index is -0.719. The van der Waals surface area contributed by atoms with E-state index in [1.807, 2.05) is 0 Å². The first kappa shape index (κ1) is 11.0. The van der Waals surface area contributed by atoms with Crippen LogP contribution in [0.2, 0.25) is 0 Å². The van der Waals surface area contributed by atoms with Gasteiger partial charge in [-0.1, -0.05) is 0 Å². The van der Waals surface area contributed by atoms with Crippen LogP contribution in [0.15, 0.2) is 0 Å². The van der Waals surface area contributed by atoms with Crippen molar-refractivity contribution >= 4 is 21.7 Å². The van der Waals surface area contributed by atoms with Crippen molar-refractivity contribution < 1.29 is 44.2 Å². The van der Waals surface area contributed by atoms with E-state index < -0.39 is 30.4 Å². The first-order valence-corrected chi connectivity index (χ1v) is 3.25. The Morgan fingerprint density at radius 2 is 1.43 bits per heavy atom. The van der Waals surface area contributed by atoms with Gasteiger partial charge < -0.3 is 0 Å². The fourth-order valence-corrected chi connectivity index (χ4v) is 0.145. The Morgan fingerprint density at radius 3 is 1.43 bits per heavy atom. The summed E-state index contributed by atoms with van der Waals surface area (Å²) in [5.74, 6) is 0. The van der Waals surface area contributed by atoms with Crippen molar-refractivity contribution in [3.63, 3.8) is 0 Å². The molecule has 0 aliphatic carbocycles. The van der Waals surface area contributed by atoms with Gasteiger partial charge in [0.25, 0.3) is 0 Å². The van der Waals surface area contributed by atoms with Gasteiger partial charge in [0.1, 0.15) is 0 Å². The molecule has 42 valence electrons. The van der Waals surface area contributed by atoms with Crippen LogP contribution in [0.3, 0.4) is 0 Å². The van der Waals surface area contributed by atoms with E-state index in [4.69, 9.17) is 10.8 Å². The third-order valence-corrected chi connectivity index (χ3v) is 0.708. The van der Waals surface area contributed by atoms with Crippen LogP contribution in [0.4, 0.5) is 0 Å². The summed E-state index contributed by atoms with van der Waals surface area (Å²) in [5.41, 5.74) is 0. The van der Waals surface area contributed by atoms with E-state index in [1.165, 1.54) is 0 Å². The molecule has 4 nitrogen and oxygen atoms in total. The quantitative estimate of drug-likeness (QED) is 0.547. The molecule has 0 fully saturated rings. The van der Waals surface area contributed by atoms with Gasteiger partial charge in [0.05, 0.1) is 0 Å². The van der Waals surface area contributed by atoms with Crippen LogP contribution in [0, 0.1) is 0 Å². The van der Waals surface area contributed by atoms with Gasteiger partial charge in [0.2, 0.25) is 0 Å². The molecular weight excluding hydrogens is 200 g/mol. The van der Waals surface area contributed by atoms with Crippen molar-refractivity contribution in [2.45, 2.75) is 0 Å². The van der Waals surface area contributed by atoms with E-state index in [2.05, 4.69) is 2.90 Å². The third-order valence-electron chi connectivity index (χ3n) is 0.0417. The summed E-state index contributed by atoms with van der Waals surface area (Å²) >= 11 is -0.826. The maximum atomic E-state index is 9.11. The predicted octanol–water partition coefficient (Wildman–Crippen LogP) is -0.811. The van der Waals surface area contributed by atoms with E-state index in [0.29, 0.717) is 21.7 Å². The van der Waals surface area contributed by atoms with Gasteiger partial charge in [0, 0.05) is 0 Å². The van der Waals surface area contributed by atoms with E-state index >= 15 is 0 Å². The van der Waals surface area contributed by atoms with Gasteiger partial charge >= 0.3 is 65.9 Å². The Morgan fingerprint density at radius 1 is 1.14 bits per heavy atom. The standard InChI is InChI=1S/2Fe.Mg.4O. The molecule has 0 spiro atoms. The molecule has 0 radical (unpaired) electrons. The zero-order chi connectivity index (χ0) is 6.12. The van der Waals surface area contributed by atoms with Crippen LogP contribution < -0.4 is 0 Å². The molecule has 0 aliphatic rings. The summed E-state index contributed by atoms with van der Waals surface area (Å²) in [4.78, 5) is 0. The van der Waals surface area contributed by atoms with Gasteiger partial charge in [-0.2, -0.15) is 0 Å². The summed E-state index contributed by atoms with van der Waals surface area (Å²) < 4.78 is 30.2. The Labute approximate surface area is 65.5 Å². The second kappa shape index (κ2) is 15.7. The van der Waals surface area contributed by atoms with Crippen molar-refractivity contribution in [1.29, 1.82) is 0 Å². The Hall–Kier alpha value is 1.17. The van der Waals surface area contributed by atoms with Crippen LogP contribution in [0.5, 0.6) is 0 Å². The summed E-state index contributed by atoms with van der Waals surface area (Å²) in [7, 11) is 0. The van der Waals surface area contributed by atoms with E-state index in [0.717, 1.165) is 0 Å². The second-order valence-corrected chi connectivity index (χ2v) is 1.35. The molecule has 0 heterocycles. The second-order valence-electron chi connectivity index (χ2n) is 0.169. The zero-order valence-electron chi connectivity index (χ0n) is 3.05. The molecular formula is Fe2MgO4. The average molecular weight is 200 g/mol. The molecule has 0 saturated heterocycles. The molecule has 7 heteroatoms. The molecule has 0 amide bonds. The topological polar surface area (TPSA) is 60.4 Å². The summed E-state index contributed by atoms with van der Waals surface area (Å²) in [6.45, 7) is 0. The number of hydrogen-bond donors (Lipinski definition) is 0. The Bertz CT molecular complexity index is 47.7. The molecule has 0 aromatic rings. The van der Waals surface area contributed by atoms with Crippen molar-refractivity contribution in [1.82, 2.24) is 0 Å². The molecule has 0 rings (SSSR count). The molecule has 0 aromatic heterocycles. The van der Waals surface area contributed by atoms with E-state index in [1.54, 1.807) is 0 Å². The molecule has 0 aliphatic heterocycles. The Kier molecular flexibility index (Phi) is 24.7. The Balaban J connectivity index is 0.